The number of esters is 1. The van der Waals surface area contributed by atoms with Gasteiger partial charge in [-0.3, -0.25) is 4.79 Å². The molecule has 2 unspecified atom stereocenters. The fourth-order valence-electron chi connectivity index (χ4n) is 0.850. The van der Waals surface area contributed by atoms with Crippen molar-refractivity contribution >= 4 is 21.9 Å². The summed E-state index contributed by atoms with van der Waals surface area (Å²) < 4.78 is 4.70. The molecule has 0 rings (SSSR count). The quantitative estimate of drug-likeness (QED) is 0.528. The van der Waals surface area contributed by atoms with E-state index in [1.165, 1.54) is 0 Å². The van der Waals surface area contributed by atoms with Gasteiger partial charge in [0.1, 0.15) is 0 Å². The predicted molar refractivity (Wildman–Crippen MR) is 53.9 cm³/mol. The van der Waals surface area contributed by atoms with Gasteiger partial charge in [-0.25, -0.2) is 0 Å². The molecule has 0 amide bonds. The van der Waals surface area contributed by atoms with Crippen molar-refractivity contribution in [3.05, 3.63) is 0 Å². The highest BCUT2D eigenvalue weighted by molar-refractivity contribution is 9.09. The summed E-state index contributed by atoms with van der Waals surface area (Å²) in [5, 5.41) is 12.4. The van der Waals surface area contributed by atoms with Gasteiger partial charge in [-0.15, -0.1) is 0 Å². The first-order chi connectivity index (χ1) is 6.11. The Kier molecular flexibility index (Phi) is 7.22. The van der Waals surface area contributed by atoms with Crippen molar-refractivity contribution in [1.82, 2.24) is 5.32 Å². The van der Waals surface area contributed by atoms with E-state index in [9.17, 15) is 9.90 Å². The lowest BCUT2D eigenvalue weighted by atomic mass is 10.2. The Morgan fingerprint density at radius 1 is 1.69 bits per heavy atom. The molecule has 2 N–H and O–H groups in total. The van der Waals surface area contributed by atoms with Crippen LogP contribution in [0.3, 0.4) is 0 Å². The molecule has 0 aliphatic heterocycles. The number of hydrogen-bond donors (Lipinski definition) is 2. The fourth-order valence-corrected chi connectivity index (χ4v) is 1.36. The minimum absolute atomic E-state index is 0.0332. The highest BCUT2D eigenvalue weighted by Crippen LogP contribution is 2.08. The average Bonchev–Trinajstić information content (AvgIpc) is 2.05. The van der Waals surface area contributed by atoms with E-state index in [4.69, 9.17) is 4.74 Å². The monoisotopic (exact) mass is 253 g/mol. The van der Waals surface area contributed by atoms with Crippen molar-refractivity contribution in [3.63, 3.8) is 0 Å². The molecule has 0 heterocycles. The molecule has 4 nitrogen and oxygen atoms in total. The summed E-state index contributed by atoms with van der Waals surface area (Å²) in [6, 6.07) is 0. The minimum Gasteiger partial charge on any atom is -0.466 e. The Hall–Kier alpha value is -0.130. The van der Waals surface area contributed by atoms with Crippen LogP contribution in [0.1, 0.15) is 13.3 Å². The van der Waals surface area contributed by atoms with Crippen molar-refractivity contribution in [2.24, 2.45) is 0 Å². The zero-order chi connectivity index (χ0) is 10.3. The summed E-state index contributed by atoms with van der Waals surface area (Å²) in [5.41, 5.74) is 0. The van der Waals surface area contributed by atoms with Crippen LogP contribution in [0.4, 0.5) is 0 Å². The topological polar surface area (TPSA) is 58.6 Å². The molecular formula is C8H16BrNO3. The van der Waals surface area contributed by atoms with Crippen molar-refractivity contribution < 1.29 is 14.6 Å². The summed E-state index contributed by atoms with van der Waals surface area (Å²) in [6.07, 6.45) is -0.669. The van der Waals surface area contributed by atoms with Crippen molar-refractivity contribution in [2.45, 2.75) is 24.3 Å². The number of ether oxygens (including phenoxy) is 1. The number of carbonyl (C=O) groups is 1. The van der Waals surface area contributed by atoms with Crippen LogP contribution in [-0.4, -0.2) is 42.2 Å². The Morgan fingerprint density at radius 3 is 2.77 bits per heavy atom. The Bertz CT molecular complexity index is 154. The maximum absolute atomic E-state index is 10.9. The molecule has 0 radical (unpaired) electrons. The second-order valence-electron chi connectivity index (χ2n) is 2.65. The summed E-state index contributed by atoms with van der Waals surface area (Å²) in [7, 11) is 1.78. The first-order valence-corrected chi connectivity index (χ1v) is 5.15. The minimum atomic E-state index is -0.702. The lowest BCUT2D eigenvalue weighted by molar-refractivity contribution is -0.145. The number of alkyl halides is 1. The molecule has 0 saturated heterocycles. The van der Waals surface area contributed by atoms with E-state index in [-0.39, 0.29) is 17.2 Å². The molecule has 0 saturated carbocycles. The van der Waals surface area contributed by atoms with E-state index < -0.39 is 6.10 Å². The zero-order valence-electron chi connectivity index (χ0n) is 7.92. The molecule has 0 aliphatic rings. The molecule has 78 valence electrons. The third-order valence-electron chi connectivity index (χ3n) is 1.50. The van der Waals surface area contributed by atoms with Crippen LogP contribution < -0.4 is 5.32 Å². The predicted octanol–water partition coefficient (Wildman–Crippen LogP) is 0.283. The lowest BCUT2D eigenvalue weighted by Crippen LogP contribution is -2.32. The average molecular weight is 254 g/mol. The summed E-state index contributed by atoms with van der Waals surface area (Å²) in [6.45, 7) is 2.70. The number of rotatable bonds is 6. The van der Waals surface area contributed by atoms with Crippen LogP contribution >= 0.6 is 15.9 Å². The van der Waals surface area contributed by atoms with Crippen LogP contribution in [-0.2, 0) is 9.53 Å². The van der Waals surface area contributed by atoms with E-state index >= 15 is 0 Å². The second kappa shape index (κ2) is 7.29. The van der Waals surface area contributed by atoms with Gasteiger partial charge >= 0.3 is 5.97 Å². The van der Waals surface area contributed by atoms with Gasteiger partial charge in [0.05, 0.1) is 24.0 Å². The largest absolute Gasteiger partial charge is 0.466 e. The molecule has 0 aromatic carbocycles. The van der Waals surface area contributed by atoms with Gasteiger partial charge in [0.2, 0.25) is 0 Å². The van der Waals surface area contributed by atoms with Crippen LogP contribution in [0.5, 0.6) is 0 Å². The lowest BCUT2D eigenvalue weighted by Gasteiger charge is -2.15. The Labute approximate surface area is 86.8 Å². The molecule has 13 heavy (non-hydrogen) atoms. The number of hydrogen-bond acceptors (Lipinski definition) is 4. The molecule has 0 aliphatic carbocycles. The van der Waals surface area contributed by atoms with Crippen LogP contribution in [0.15, 0.2) is 0 Å². The van der Waals surface area contributed by atoms with Crippen LogP contribution in [0.25, 0.3) is 0 Å². The number of aliphatic hydroxyl groups excluding tert-OH is 1. The maximum atomic E-state index is 10.9. The van der Waals surface area contributed by atoms with Gasteiger partial charge in [0.15, 0.2) is 0 Å². The maximum Gasteiger partial charge on any atom is 0.308 e. The number of aliphatic hydroxyl groups is 1. The summed E-state index contributed by atoms with van der Waals surface area (Å²) >= 11 is 3.26. The molecular weight excluding hydrogens is 238 g/mol. The number of halogens is 1. The van der Waals surface area contributed by atoms with Crippen LogP contribution in [0, 0.1) is 0 Å². The SMILES string of the molecule is CCOC(=O)CC(O)C(Br)CNC. The molecule has 5 heteroatoms. The first-order valence-electron chi connectivity index (χ1n) is 4.24. The molecule has 0 spiro atoms. The summed E-state index contributed by atoms with van der Waals surface area (Å²) in [5.74, 6) is -0.365. The van der Waals surface area contributed by atoms with E-state index in [0.29, 0.717) is 13.2 Å². The smallest absolute Gasteiger partial charge is 0.308 e. The van der Waals surface area contributed by atoms with Gasteiger partial charge in [-0.1, -0.05) is 15.9 Å². The highest BCUT2D eigenvalue weighted by atomic mass is 79.9. The van der Waals surface area contributed by atoms with Crippen molar-refractivity contribution in [3.8, 4) is 0 Å². The summed E-state index contributed by atoms with van der Waals surface area (Å²) in [4.78, 5) is 10.8. The fraction of sp³-hybridized carbons (Fsp3) is 0.875. The van der Waals surface area contributed by atoms with Crippen molar-refractivity contribution in [2.75, 3.05) is 20.2 Å². The zero-order valence-corrected chi connectivity index (χ0v) is 9.50. The van der Waals surface area contributed by atoms with Gasteiger partial charge in [-0.2, -0.15) is 0 Å². The normalized spacial score (nSPS) is 15.1. The Balaban J connectivity index is 3.71. The van der Waals surface area contributed by atoms with Crippen LogP contribution in [0.2, 0.25) is 0 Å². The number of carbonyl (C=O) groups excluding carboxylic acids is 1. The third kappa shape index (κ3) is 6.01. The molecule has 0 bridgehead atoms. The Morgan fingerprint density at radius 2 is 2.31 bits per heavy atom. The highest BCUT2D eigenvalue weighted by Gasteiger charge is 2.19. The third-order valence-corrected chi connectivity index (χ3v) is 2.43. The van der Waals surface area contributed by atoms with E-state index in [1.54, 1.807) is 14.0 Å². The second-order valence-corrected chi connectivity index (χ2v) is 3.83. The molecule has 0 aromatic heterocycles. The van der Waals surface area contributed by atoms with E-state index in [2.05, 4.69) is 21.2 Å². The van der Waals surface area contributed by atoms with E-state index in [0.717, 1.165) is 0 Å². The van der Waals surface area contributed by atoms with Crippen molar-refractivity contribution in [1.29, 1.82) is 0 Å². The molecule has 0 fully saturated rings. The van der Waals surface area contributed by atoms with Gasteiger partial charge in [0, 0.05) is 6.54 Å². The van der Waals surface area contributed by atoms with Gasteiger partial charge in [0.25, 0.3) is 0 Å². The van der Waals surface area contributed by atoms with Gasteiger partial charge in [-0.05, 0) is 14.0 Å². The number of nitrogens with one attached hydrogen (secondary N) is 1. The first kappa shape index (κ1) is 12.9. The molecule has 0 aromatic rings. The standard InChI is InChI=1S/C8H16BrNO3/c1-3-13-8(12)4-7(11)6(9)5-10-2/h6-7,10-11H,3-5H2,1-2H3. The van der Waals surface area contributed by atoms with E-state index in [1.807, 2.05) is 0 Å². The molecule has 2 atom stereocenters. The van der Waals surface area contributed by atoms with Gasteiger partial charge < -0.3 is 15.2 Å².